The number of carbonyl (C=O) groups excluding carboxylic acids is 2. The Labute approximate surface area is 258 Å². The number of aromatic amines is 1. The lowest BCUT2D eigenvalue weighted by atomic mass is 10.1. The van der Waals surface area contributed by atoms with Crippen molar-refractivity contribution in [3.05, 3.63) is 83.7 Å². The molecule has 11 nitrogen and oxygen atoms in total. The number of rotatable bonds is 6. The highest BCUT2D eigenvalue weighted by Gasteiger charge is 2.23. The van der Waals surface area contributed by atoms with E-state index in [0.29, 0.717) is 57.1 Å². The van der Waals surface area contributed by atoms with Crippen molar-refractivity contribution < 1.29 is 19.1 Å². The molecule has 11 heteroatoms. The van der Waals surface area contributed by atoms with Gasteiger partial charge in [-0.1, -0.05) is 37.3 Å². The molecule has 0 unspecified atom stereocenters. The maximum atomic E-state index is 13.5. The van der Waals surface area contributed by atoms with Crippen LogP contribution in [0.3, 0.4) is 0 Å². The molecular weight excluding hydrogens is 558 g/mol. The molecule has 1 aliphatic rings. The molecule has 3 heterocycles. The molecule has 0 spiro atoms. The second-order valence-corrected chi connectivity index (χ2v) is 10.9. The third kappa shape index (κ3) is 7.84. The van der Waals surface area contributed by atoms with E-state index in [0.717, 1.165) is 40.6 Å². The standard InChI is InChI=1S/C33H41N7O4/c1-4-30-36-23(2)27(37-30)21-39-15-8-18-44-29-20-25(11-12-28(29)43-3)32-34-13-16-40(32)17-14-35-33(42)26(38-31(41)22-39)19-24-9-6-5-7-10-24/h5-7,9-13,16,20,26H,4,8,14-15,17-19,21-22H2,1-3H3,(H,35,42)(H,36,37)(H,38,41)/t26-/m0/s1. The van der Waals surface area contributed by atoms with Crippen molar-refractivity contribution in [2.75, 3.05) is 33.4 Å². The van der Waals surface area contributed by atoms with Gasteiger partial charge >= 0.3 is 0 Å². The smallest absolute Gasteiger partial charge is 0.242 e. The first-order valence-electron chi connectivity index (χ1n) is 15.1. The highest BCUT2D eigenvalue weighted by molar-refractivity contribution is 5.88. The summed E-state index contributed by atoms with van der Waals surface area (Å²) in [5.74, 6) is 2.48. The van der Waals surface area contributed by atoms with E-state index >= 15 is 0 Å². The van der Waals surface area contributed by atoms with E-state index in [-0.39, 0.29) is 18.4 Å². The van der Waals surface area contributed by atoms with E-state index in [1.54, 1.807) is 13.3 Å². The summed E-state index contributed by atoms with van der Waals surface area (Å²) in [7, 11) is 1.62. The Balaban J connectivity index is 1.41. The van der Waals surface area contributed by atoms with Gasteiger partial charge in [-0.15, -0.1) is 0 Å². The first-order valence-corrected chi connectivity index (χ1v) is 15.1. The van der Waals surface area contributed by atoms with Crippen LogP contribution in [0, 0.1) is 6.92 Å². The van der Waals surface area contributed by atoms with Crippen molar-refractivity contribution >= 4 is 11.8 Å². The molecule has 1 aliphatic heterocycles. The topological polar surface area (TPSA) is 126 Å². The normalized spacial score (nSPS) is 17.0. The van der Waals surface area contributed by atoms with Gasteiger partial charge in [-0.2, -0.15) is 0 Å². The maximum Gasteiger partial charge on any atom is 0.242 e. The van der Waals surface area contributed by atoms with Crippen molar-refractivity contribution in [1.29, 1.82) is 0 Å². The fourth-order valence-electron chi connectivity index (χ4n) is 5.38. The molecule has 0 saturated heterocycles. The summed E-state index contributed by atoms with van der Waals surface area (Å²) >= 11 is 0. The van der Waals surface area contributed by atoms with Gasteiger partial charge < -0.3 is 29.7 Å². The quantitative estimate of drug-likeness (QED) is 0.311. The van der Waals surface area contributed by atoms with Crippen LogP contribution < -0.4 is 20.1 Å². The largest absolute Gasteiger partial charge is 0.493 e. The lowest BCUT2D eigenvalue weighted by Crippen LogP contribution is -2.51. The van der Waals surface area contributed by atoms with Crippen LogP contribution in [-0.4, -0.2) is 75.6 Å². The molecule has 2 bridgehead atoms. The SMILES string of the molecule is CCc1nc(CN2CCCOc3cc(ccc3OC)-c3nccn3CCNC(=O)[C@H](Cc3ccccc3)NC(=O)C2)c(C)[nH]1. The number of ether oxygens (including phenoxy) is 2. The average Bonchev–Trinajstić information content (AvgIpc) is 3.64. The molecule has 1 atom stereocenters. The van der Waals surface area contributed by atoms with Crippen LogP contribution in [0.4, 0.5) is 0 Å². The summed E-state index contributed by atoms with van der Waals surface area (Å²) < 4.78 is 13.8. The van der Waals surface area contributed by atoms with Gasteiger partial charge in [0.15, 0.2) is 11.5 Å². The number of hydrogen-bond donors (Lipinski definition) is 3. The average molecular weight is 600 g/mol. The number of benzene rings is 2. The van der Waals surface area contributed by atoms with Crippen LogP contribution in [0.15, 0.2) is 60.9 Å². The first-order chi connectivity index (χ1) is 21.4. The van der Waals surface area contributed by atoms with Gasteiger partial charge in [0.1, 0.15) is 17.7 Å². The number of aromatic nitrogens is 4. The molecule has 5 rings (SSSR count). The zero-order valence-corrected chi connectivity index (χ0v) is 25.6. The van der Waals surface area contributed by atoms with Crippen LogP contribution in [0.5, 0.6) is 11.5 Å². The van der Waals surface area contributed by atoms with Gasteiger partial charge in [0.05, 0.1) is 26.0 Å². The Hall–Kier alpha value is -4.64. The Morgan fingerprint density at radius 1 is 1.11 bits per heavy atom. The summed E-state index contributed by atoms with van der Waals surface area (Å²) in [5, 5.41) is 6.04. The predicted octanol–water partition coefficient (Wildman–Crippen LogP) is 3.28. The number of carbonyl (C=O) groups is 2. The summed E-state index contributed by atoms with van der Waals surface area (Å²) in [6.45, 7) is 6.54. The maximum absolute atomic E-state index is 13.5. The van der Waals surface area contributed by atoms with E-state index in [9.17, 15) is 9.59 Å². The van der Waals surface area contributed by atoms with Gasteiger partial charge in [0.25, 0.3) is 0 Å². The van der Waals surface area contributed by atoms with Crippen LogP contribution in [-0.2, 0) is 35.5 Å². The molecule has 0 fully saturated rings. The molecule has 0 saturated carbocycles. The number of nitrogens with one attached hydrogen (secondary N) is 3. The molecular formula is C33H41N7O4. The summed E-state index contributed by atoms with van der Waals surface area (Å²) in [4.78, 5) is 41.6. The Kier molecular flexibility index (Phi) is 10.3. The van der Waals surface area contributed by atoms with Crippen LogP contribution in [0.25, 0.3) is 11.4 Å². The van der Waals surface area contributed by atoms with Gasteiger partial charge in [-0.3, -0.25) is 14.5 Å². The summed E-state index contributed by atoms with van der Waals surface area (Å²) in [6, 6.07) is 14.8. The molecule has 2 amide bonds. The van der Waals surface area contributed by atoms with Crippen LogP contribution in [0.2, 0.25) is 0 Å². The number of hydrogen-bond acceptors (Lipinski definition) is 7. The predicted molar refractivity (Wildman–Crippen MR) is 167 cm³/mol. The third-order valence-electron chi connectivity index (χ3n) is 7.71. The van der Waals surface area contributed by atoms with Gasteiger partial charge in [0, 0.05) is 62.7 Å². The van der Waals surface area contributed by atoms with Gasteiger partial charge in [-0.05, 0) is 37.1 Å². The number of imidazole rings is 2. The van der Waals surface area contributed by atoms with Gasteiger partial charge in [-0.25, -0.2) is 9.97 Å². The molecule has 2 aromatic heterocycles. The molecule has 3 N–H and O–H groups in total. The molecule has 44 heavy (non-hydrogen) atoms. The third-order valence-corrected chi connectivity index (χ3v) is 7.71. The van der Waals surface area contributed by atoms with Crippen LogP contribution in [0.1, 0.15) is 36.1 Å². The second kappa shape index (κ2) is 14.7. The molecule has 4 aromatic rings. The van der Waals surface area contributed by atoms with Crippen molar-refractivity contribution in [3.8, 4) is 22.9 Å². The fraction of sp³-hybridized carbons (Fsp3) is 0.394. The minimum Gasteiger partial charge on any atom is -0.493 e. The zero-order valence-electron chi connectivity index (χ0n) is 25.6. The Morgan fingerprint density at radius 2 is 1.95 bits per heavy atom. The lowest BCUT2D eigenvalue weighted by Gasteiger charge is -2.24. The number of nitrogens with zero attached hydrogens (tertiary/aromatic N) is 4. The number of amides is 2. The van der Waals surface area contributed by atoms with Crippen LogP contribution >= 0.6 is 0 Å². The summed E-state index contributed by atoms with van der Waals surface area (Å²) in [5.41, 5.74) is 3.74. The number of methoxy groups -OCH3 is 1. The van der Waals surface area contributed by atoms with Crippen molar-refractivity contribution in [1.82, 2.24) is 35.1 Å². The highest BCUT2D eigenvalue weighted by atomic mass is 16.5. The van der Waals surface area contributed by atoms with E-state index in [1.165, 1.54) is 0 Å². The van der Waals surface area contributed by atoms with Crippen molar-refractivity contribution in [3.63, 3.8) is 0 Å². The first kappa shape index (κ1) is 30.8. The minimum absolute atomic E-state index is 0.115. The van der Waals surface area contributed by atoms with E-state index in [2.05, 4.69) is 27.5 Å². The van der Waals surface area contributed by atoms with Gasteiger partial charge in [0.2, 0.25) is 11.8 Å². The van der Waals surface area contributed by atoms with Crippen molar-refractivity contribution in [2.45, 2.75) is 52.2 Å². The van der Waals surface area contributed by atoms with E-state index < -0.39 is 6.04 Å². The van der Waals surface area contributed by atoms with E-state index in [4.69, 9.17) is 14.5 Å². The fourth-order valence-corrected chi connectivity index (χ4v) is 5.38. The number of fused-ring (bicyclic) bond motifs is 4. The van der Waals surface area contributed by atoms with E-state index in [1.807, 2.05) is 71.1 Å². The zero-order chi connectivity index (χ0) is 30.9. The number of aryl methyl sites for hydroxylation is 2. The highest BCUT2D eigenvalue weighted by Crippen LogP contribution is 2.32. The minimum atomic E-state index is -0.723. The molecule has 232 valence electrons. The molecule has 2 aromatic carbocycles. The van der Waals surface area contributed by atoms with Crippen molar-refractivity contribution in [2.24, 2.45) is 0 Å². The summed E-state index contributed by atoms with van der Waals surface area (Å²) in [6.07, 6.45) is 5.46. The number of H-pyrrole nitrogens is 1. The Morgan fingerprint density at radius 3 is 2.73 bits per heavy atom. The lowest BCUT2D eigenvalue weighted by molar-refractivity contribution is -0.129. The monoisotopic (exact) mass is 599 g/mol. The Bertz CT molecular complexity index is 1550. The molecule has 0 radical (unpaired) electrons. The molecule has 0 aliphatic carbocycles. The second-order valence-electron chi connectivity index (χ2n) is 10.9.